The van der Waals surface area contributed by atoms with Crippen LogP contribution in [0.4, 0.5) is 0 Å². The SMILES string of the molecule is CN(C)CCOCCC1(C(=O)O)CCC1. The van der Waals surface area contributed by atoms with Crippen LogP contribution in [0.5, 0.6) is 0 Å². The molecule has 4 heteroatoms. The summed E-state index contributed by atoms with van der Waals surface area (Å²) in [6.45, 7) is 2.14. The van der Waals surface area contributed by atoms with E-state index >= 15 is 0 Å². The summed E-state index contributed by atoms with van der Waals surface area (Å²) in [5, 5.41) is 9.06. The number of likely N-dealkylation sites (N-methyl/N-ethyl adjacent to an activating group) is 1. The fourth-order valence-electron chi connectivity index (χ4n) is 1.79. The lowest BCUT2D eigenvalue weighted by molar-refractivity contribution is -0.156. The summed E-state index contributed by atoms with van der Waals surface area (Å²) in [6.07, 6.45) is 3.35. The van der Waals surface area contributed by atoms with Gasteiger partial charge in [-0.3, -0.25) is 4.79 Å². The van der Waals surface area contributed by atoms with Gasteiger partial charge in [0, 0.05) is 13.2 Å². The topological polar surface area (TPSA) is 49.8 Å². The molecule has 4 nitrogen and oxygen atoms in total. The Labute approximate surface area is 91.2 Å². The lowest BCUT2D eigenvalue weighted by atomic mass is 9.67. The van der Waals surface area contributed by atoms with Crippen LogP contribution in [-0.4, -0.2) is 49.8 Å². The van der Waals surface area contributed by atoms with Crippen molar-refractivity contribution in [2.24, 2.45) is 5.41 Å². The van der Waals surface area contributed by atoms with Crippen molar-refractivity contribution in [3.05, 3.63) is 0 Å². The monoisotopic (exact) mass is 215 g/mol. The summed E-state index contributed by atoms with van der Waals surface area (Å²) in [5.74, 6) is -0.648. The number of hydrogen-bond acceptors (Lipinski definition) is 3. The average molecular weight is 215 g/mol. The van der Waals surface area contributed by atoms with Crippen LogP contribution in [0.15, 0.2) is 0 Å². The molecule has 0 bridgehead atoms. The second kappa shape index (κ2) is 5.47. The van der Waals surface area contributed by atoms with Crippen molar-refractivity contribution in [3.8, 4) is 0 Å². The van der Waals surface area contributed by atoms with E-state index in [2.05, 4.69) is 4.90 Å². The molecule has 1 fully saturated rings. The first-order valence-corrected chi connectivity index (χ1v) is 5.53. The highest BCUT2D eigenvalue weighted by molar-refractivity contribution is 5.75. The summed E-state index contributed by atoms with van der Waals surface area (Å²) in [6, 6.07) is 0. The summed E-state index contributed by atoms with van der Waals surface area (Å²) in [5.41, 5.74) is -0.460. The molecule has 1 rings (SSSR count). The van der Waals surface area contributed by atoms with Gasteiger partial charge in [0.05, 0.1) is 12.0 Å². The number of carbonyl (C=O) groups is 1. The van der Waals surface area contributed by atoms with Gasteiger partial charge < -0.3 is 14.7 Å². The highest BCUT2D eigenvalue weighted by Gasteiger charge is 2.43. The van der Waals surface area contributed by atoms with Crippen LogP contribution in [0.1, 0.15) is 25.7 Å². The van der Waals surface area contributed by atoms with Gasteiger partial charge in [-0.25, -0.2) is 0 Å². The molecule has 15 heavy (non-hydrogen) atoms. The Bertz CT molecular complexity index is 212. The Morgan fingerprint density at radius 2 is 2.07 bits per heavy atom. The molecule has 0 aromatic carbocycles. The van der Waals surface area contributed by atoms with Gasteiger partial charge in [0.1, 0.15) is 0 Å². The van der Waals surface area contributed by atoms with Crippen molar-refractivity contribution in [2.75, 3.05) is 33.9 Å². The standard InChI is InChI=1S/C11H21NO3/c1-12(2)7-9-15-8-6-11(10(13)14)4-3-5-11/h3-9H2,1-2H3,(H,13,14). The third kappa shape index (κ3) is 3.47. The maximum absolute atomic E-state index is 11.0. The lowest BCUT2D eigenvalue weighted by Gasteiger charge is -2.37. The van der Waals surface area contributed by atoms with Gasteiger partial charge in [-0.15, -0.1) is 0 Å². The molecule has 0 saturated heterocycles. The minimum atomic E-state index is -0.648. The van der Waals surface area contributed by atoms with Crippen molar-refractivity contribution >= 4 is 5.97 Å². The lowest BCUT2D eigenvalue weighted by Crippen LogP contribution is -2.39. The number of carboxylic acids is 1. The Morgan fingerprint density at radius 1 is 1.40 bits per heavy atom. The van der Waals surface area contributed by atoms with Gasteiger partial charge in [0.2, 0.25) is 0 Å². The van der Waals surface area contributed by atoms with Crippen molar-refractivity contribution in [1.29, 1.82) is 0 Å². The summed E-state index contributed by atoms with van der Waals surface area (Å²) in [7, 11) is 3.99. The largest absolute Gasteiger partial charge is 0.481 e. The van der Waals surface area contributed by atoms with Gasteiger partial charge in [0.25, 0.3) is 0 Å². The van der Waals surface area contributed by atoms with E-state index in [9.17, 15) is 4.79 Å². The fraction of sp³-hybridized carbons (Fsp3) is 0.909. The molecular formula is C11H21NO3. The third-order valence-corrected chi connectivity index (χ3v) is 3.17. The zero-order chi connectivity index (χ0) is 11.3. The van der Waals surface area contributed by atoms with Gasteiger partial charge in [0.15, 0.2) is 0 Å². The van der Waals surface area contributed by atoms with Crippen LogP contribution < -0.4 is 0 Å². The molecule has 0 unspecified atom stereocenters. The molecule has 0 heterocycles. The summed E-state index contributed by atoms with van der Waals surface area (Å²) in [4.78, 5) is 13.1. The minimum absolute atomic E-state index is 0.460. The number of hydrogen-bond donors (Lipinski definition) is 1. The highest BCUT2D eigenvalue weighted by Crippen LogP contribution is 2.44. The number of rotatable bonds is 7. The maximum atomic E-state index is 11.0. The Hall–Kier alpha value is -0.610. The molecule has 1 N–H and O–H groups in total. The van der Waals surface area contributed by atoms with E-state index in [4.69, 9.17) is 9.84 Å². The zero-order valence-electron chi connectivity index (χ0n) is 9.66. The third-order valence-electron chi connectivity index (χ3n) is 3.17. The first kappa shape index (κ1) is 12.5. The van der Waals surface area contributed by atoms with Crippen LogP contribution in [0.2, 0.25) is 0 Å². The van der Waals surface area contributed by atoms with E-state index in [1.165, 1.54) is 0 Å². The van der Waals surface area contributed by atoms with E-state index in [-0.39, 0.29) is 0 Å². The van der Waals surface area contributed by atoms with Crippen LogP contribution in [0, 0.1) is 5.41 Å². The van der Waals surface area contributed by atoms with Crippen molar-refractivity contribution < 1.29 is 14.6 Å². The van der Waals surface area contributed by atoms with Gasteiger partial charge >= 0.3 is 5.97 Å². The number of carboxylic acid groups (broad SMARTS) is 1. The molecular weight excluding hydrogens is 194 g/mol. The van der Waals surface area contributed by atoms with Crippen LogP contribution >= 0.6 is 0 Å². The van der Waals surface area contributed by atoms with Crippen LogP contribution in [-0.2, 0) is 9.53 Å². The zero-order valence-corrected chi connectivity index (χ0v) is 9.66. The van der Waals surface area contributed by atoms with Gasteiger partial charge in [-0.1, -0.05) is 6.42 Å². The molecule has 0 atom stereocenters. The molecule has 1 aliphatic rings. The molecule has 0 aromatic rings. The second-order valence-corrected chi connectivity index (χ2v) is 4.60. The first-order valence-electron chi connectivity index (χ1n) is 5.53. The van der Waals surface area contributed by atoms with Crippen molar-refractivity contribution in [1.82, 2.24) is 4.90 Å². The predicted octanol–water partition coefficient (Wildman–Crippen LogP) is 1.21. The number of aliphatic carboxylic acids is 1. The molecule has 0 aliphatic heterocycles. The second-order valence-electron chi connectivity index (χ2n) is 4.60. The quantitative estimate of drug-likeness (QED) is 0.648. The van der Waals surface area contributed by atoms with Gasteiger partial charge in [-0.05, 0) is 33.4 Å². The predicted molar refractivity (Wildman–Crippen MR) is 57.9 cm³/mol. The van der Waals surface area contributed by atoms with Crippen LogP contribution in [0.25, 0.3) is 0 Å². The summed E-state index contributed by atoms with van der Waals surface area (Å²) < 4.78 is 5.42. The van der Waals surface area contributed by atoms with Crippen molar-refractivity contribution in [3.63, 3.8) is 0 Å². The van der Waals surface area contributed by atoms with Crippen molar-refractivity contribution in [2.45, 2.75) is 25.7 Å². The molecule has 0 amide bonds. The van der Waals surface area contributed by atoms with E-state index in [1.54, 1.807) is 0 Å². The normalized spacial score (nSPS) is 18.9. The molecule has 0 aromatic heterocycles. The van der Waals surface area contributed by atoms with Gasteiger partial charge in [-0.2, -0.15) is 0 Å². The maximum Gasteiger partial charge on any atom is 0.309 e. The highest BCUT2D eigenvalue weighted by atomic mass is 16.5. The van der Waals surface area contributed by atoms with E-state index < -0.39 is 11.4 Å². The molecule has 0 radical (unpaired) electrons. The Kier molecular flexibility index (Phi) is 4.54. The Morgan fingerprint density at radius 3 is 2.47 bits per heavy atom. The number of nitrogens with zero attached hydrogens (tertiary/aromatic N) is 1. The summed E-state index contributed by atoms with van der Waals surface area (Å²) >= 11 is 0. The van der Waals surface area contributed by atoms with E-state index in [1.807, 2.05) is 14.1 Å². The molecule has 88 valence electrons. The molecule has 0 spiro atoms. The van der Waals surface area contributed by atoms with E-state index in [0.717, 1.165) is 25.8 Å². The van der Waals surface area contributed by atoms with Crippen LogP contribution in [0.3, 0.4) is 0 Å². The number of ether oxygens (including phenoxy) is 1. The molecule has 1 saturated carbocycles. The average Bonchev–Trinajstić information content (AvgIpc) is 2.06. The minimum Gasteiger partial charge on any atom is -0.481 e. The fourth-order valence-corrected chi connectivity index (χ4v) is 1.79. The Balaban J connectivity index is 2.11. The smallest absolute Gasteiger partial charge is 0.309 e. The molecule has 1 aliphatic carbocycles. The first-order chi connectivity index (χ1) is 7.07. The van der Waals surface area contributed by atoms with E-state index in [0.29, 0.717) is 19.6 Å².